The van der Waals surface area contributed by atoms with E-state index in [0.717, 1.165) is 6.26 Å². The molecule has 0 fully saturated rings. The van der Waals surface area contributed by atoms with Crippen molar-refractivity contribution >= 4 is 26.5 Å². The van der Waals surface area contributed by atoms with E-state index in [1.54, 1.807) is 13.8 Å². The molecule has 0 aromatic heterocycles. The average molecular weight is 317 g/mol. The topological polar surface area (TPSA) is 83.9 Å². The number of nitrogens with zero attached hydrogens (tertiary/aromatic N) is 1. The Bertz CT molecular complexity index is 678. The van der Waals surface area contributed by atoms with Crippen LogP contribution in [0.4, 0.5) is 5.69 Å². The first-order chi connectivity index (χ1) is 9.27. The Morgan fingerprint density at radius 3 is 2.25 bits per heavy atom. The lowest BCUT2D eigenvalue weighted by atomic mass is 10.2. The van der Waals surface area contributed by atoms with Crippen LogP contribution in [0.1, 0.15) is 13.8 Å². The number of anilines is 1. The minimum absolute atomic E-state index is 0.175. The molecular weight excluding hydrogens is 302 g/mol. The second-order valence-corrected chi connectivity index (χ2v) is 8.06. The molecule has 1 aromatic carbocycles. The molecule has 1 aliphatic heterocycles. The summed E-state index contributed by atoms with van der Waals surface area (Å²) in [4.78, 5) is 5.17. The molecule has 1 aliphatic rings. The highest BCUT2D eigenvalue weighted by atomic mass is 32.2. The highest BCUT2D eigenvalue weighted by Crippen LogP contribution is 2.34. The van der Waals surface area contributed by atoms with Crippen LogP contribution in [0.25, 0.3) is 0 Å². The predicted octanol–water partition coefficient (Wildman–Crippen LogP) is 1.68. The van der Waals surface area contributed by atoms with E-state index in [4.69, 9.17) is 5.26 Å². The number of rotatable bonds is 3. The lowest BCUT2D eigenvalue weighted by molar-refractivity contribution is -0.264. The summed E-state index contributed by atoms with van der Waals surface area (Å²) in [5, 5.41) is 8.98. The van der Waals surface area contributed by atoms with E-state index >= 15 is 0 Å². The smallest absolute Gasteiger partial charge is 0.199 e. The first-order valence-corrected chi connectivity index (χ1v) is 8.76. The second-order valence-electron chi connectivity index (χ2n) is 4.54. The second kappa shape index (κ2) is 5.28. The van der Waals surface area contributed by atoms with Gasteiger partial charge in [-0.3, -0.25) is 4.31 Å². The first kappa shape index (κ1) is 15.2. The molecule has 0 aliphatic carbocycles. The van der Waals surface area contributed by atoms with Crippen molar-refractivity contribution in [2.45, 2.75) is 25.0 Å². The van der Waals surface area contributed by atoms with Gasteiger partial charge in [0.15, 0.2) is 27.1 Å². The fourth-order valence-electron chi connectivity index (χ4n) is 1.92. The van der Waals surface area contributed by atoms with E-state index in [-0.39, 0.29) is 4.90 Å². The standard InChI is InChI=1S/C12H15NO5S2/c1-8-9(2)19(15)13(12(8)18-14)10-4-6-11(7-5-10)20(3,16)17/h4-7,12,14H,1-3H3/t12-,19?/m1/s1. The predicted molar refractivity (Wildman–Crippen MR) is 76.0 cm³/mol. The van der Waals surface area contributed by atoms with Gasteiger partial charge in [-0.15, -0.1) is 0 Å². The van der Waals surface area contributed by atoms with E-state index in [1.165, 1.54) is 28.6 Å². The van der Waals surface area contributed by atoms with Gasteiger partial charge in [-0.05, 0) is 43.7 Å². The highest BCUT2D eigenvalue weighted by molar-refractivity contribution is 7.91. The van der Waals surface area contributed by atoms with Crippen LogP contribution < -0.4 is 4.31 Å². The van der Waals surface area contributed by atoms with Gasteiger partial charge >= 0.3 is 0 Å². The van der Waals surface area contributed by atoms with E-state index < -0.39 is 27.1 Å². The number of sulfone groups is 1. The van der Waals surface area contributed by atoms with Crippen molar-refractivity contribution in [3.05, 3.63) is 34.7 Å². The van der Waals surface area contributed by atoms with Crippen LogP contribution in [-0.2, 0) is 25.7 Å². The summed E-state index contributed by atoms with van der Waals surface area (Å²) in [5.41, 5.74) is 1.17. The monoisotopic (exact) mass is 317 g/mol. The van der Waals surface area contributed by atoms with E-state index in [2.05, 4.69) is 4.89 Å². The number of hydrogen-bond donors (Lipinski definition) is 1. The quantitative estimate of drug-likeness (QED) is 0.677. The first-order valence-electron chi connectivity index (χ1n) is 5.76. The number of allylic oxidation sites excluding steroid dienone is 1. The summed E-state index contributed by atoms with van der Waals surface area (Å²) in [6, 6.07) is 5.93. The molecule has 6 nitrogen and oxygen atoms in total. The van der Waals surface area contributed by atoms with Crippen molar-refractivity contribution in [2.24, 2.45) is 0 Å². The number of hydrogen-bond acceptors (Lipinski definition) is 5. The molecule has 0 saturated carbocycles. The zero-order valence-electron chi connectivity index (χ0n) is 11.2. The lowest BCUT2D eigenvalue weighted by Gasteiger charge is -2.23. The zero-order valence-corrected chi connectivity index (χ0v) is 12.9. The molecule has 0 bridgehead atoms. The Morgan fingerprint density at radius 1 is 1.25 bits per heavy atom. The molecule has 0 amide bonds. The highest BCUT2D eigenvalue weighted by Gasteiger charge is 2.36. The third-order valence-corrected chi connectivity index (χ3v) is 5.93. The Kier molecular flexibility index (Phi) is 4.01. The molecule has 20 heavy (non-hydrogen) atoms. The van der Waals surface area contributed by atoms with Crippen LogP contribution in [0.2, 0.25) is 0 Å². The maximum Gasteiger partial charge on any atom is 0.199 e. The molecule has 1 heterocycles. The minimum Gasteiger partial charge on any atom is -0.254 e. The van der Waals surface area contributed by atoms with Gasteiger partial charge in [-0.2, -0.15) is 0 Å². The maximum atomic E-state index is 12.2. The molecule has 1 unspecified atom stereocenters. The molecule has 0 radical (unpaired) electrons. The van der Waals surface area contributed by atoms with Crippen molar-refractivity contribution in [3.63, 3.8) is 0 Å². The van der Waals surface area contributed by atoms with Crippen molar-refractivity contribution in [2.75, 3.05) is 10.6 Å². The van der Waals surface area contributed by atoms with Crippen LogP contribution in [0, 0.1) is 0 Å². The summed E-state index contributed by atoms with van der Waals surface area (Å²) >= 11 is 0. The van der Waals surface area contributed by atoms with E-state index in [9.17, 15) is 12.6 Å². The van der Waals surface area contributed by atoms with Crippen molar-refractivity contribution < 1.29 is 22.8 Å². The third kappa shape index (κ3) is 2.51. The molecule has 8 heteroatoms. The Balaban J connectivity index is 2.40. The van der Waals surface area contributed by atoms with E-state index in [0.29, 0.717) is 16.2 Å². The summed E-state index contributed by atoms with van der Waals surface area (Å²) < 4.78 is 36.4. The zero-order chi connectivity index (χ0) is 15.1. The molecule has 110 valence electrons. The average Bonchev–Trinajstić information content (AvgIpc) is 2.62. The summed E-state index contributed by atoms with van der Waals surface area (Å²) in [6.45, 7) is 3.42. The van der Waals surface area contributed by atoms with Crippen LogP contribution in [-0.4, -0.2) is 30.4 Å². The largest absolute Gasteiger partial charge is 0.254 e. The Labute approximate surface area is 120 Å². The van der Waals surface area contributed by atoms with Gasteiger partial charge in [0.25, 0.3) is 0 Å². The summed E-state index contributed by atoms with van der Waals surface area (Å²) in [6.07, 6.45) is 0.283. The molecule has 2 rings (SSSR count). The van der Waals surface area contributed by atoms with Crippen molar-refractivity contribution in [3.8, 4) is 0 Å². The molecule has 0 saturated heterocycles. The SMILES string of the molecule is CC1=C(C)S(=O)N(c2ccc(S(C)(=O)=O)cc2)[C@@H]1OO. The van der Waals surface area contributed by atoms with Gasteiger partial charge in [-0.1, -0.05) is 0 Å². The van der Waals surface area contributed by atoms with Crippen molar-refractivity contribution in [1.82, 2.24) is 0 Å². The van der Waals surface area contributed by atoms with Crippen LogP contribution in [0.3, 0.4) is 0 Å². The van der Waals surface area contributed by atoms with Crippen LogP contribution in [0.5, 0.6) is 0 Å². The Morgan fingerprint density at radius 2 is 1.80 bits per heavy atom. The van der Waals surface area contributed by atoms with Crippen molar-refractivity contribution in [1.29, 1.82) is 0 Å². The lowest BCUT2D eigenvalue weighted by Crippen LogP contribution is -2.33. The van der Waals surface area contributed by atoms with Crippen LogP contribution in [0.15, 0.2) is 39.6 Å². The van der Waals surface area contributed by atoms with Gasteiger partial charge in [-0.25, -0.2) is 22.8 Å². The summed E-state index contributed by atoms with van der Waals surface area (Å²) in [7, 11) is -4.75. The number of benzene rings is 1. The van der Waals surface area contributed by atoms with Gasteiger partial charge in [0.1, 0.15) is 0 Å². The van der Waals surface area contributed by atoms with E-state index in [1.807, 2.05) is 0 Å². The maximum absolute atomic E-state index is 12.2. The fourth-order valence-corrected chi connectivity index (χ4v) is 3.90. The Hall–Kier alpha value is -1.22. The fraction of sp³-hybridized carbons (Fsp3) is 0.333. The van der Waals surface area contributed by atoms with Gasteiger partial charge in [0.05, 0.1) is 10.6 Å². The summed E-state index contributed by atoms with van der Waals surface area (Å²) in [5.74, 6) is 0. The molecule has 1 N–H and O–H groups in total. The third-order valence-electron chi connectivity index (χ3n) is 3.20. The normalized spacial score (nSPS) is 23.5. The molecule has 2 atom stereocenters. The van der Waals surface area contributed by atoms with Gasteiger partial charge in [0.2, 0.25) is 0 Å². The van der Waals surface area contributed by atoms with Gasteiger partial charge < -0.3 is 0 Å². The molecule has 1 aromatic rings. The molecule has 0 spiro atoms. The van der Waals surface area contributed by atoms with Gasteiger partial charge in [0, 0.05) is 11.2 Å². The minimum atomic E-state index is -3.28. The van der Waals surface area contributed by atoms with Crippen LogP contribution >= 0.6 is 0 Å². The molecular formula is C12H15NO5S2.